The van der Waals surface area contributed by atoms with Crippen LogP contribution in [0.2, 0.25) is 0 Å². The normalized spacial score (nSPS) is 19.6. The van der Waals surface area contributed by atoms with Crippen LogP contribution in [-0.4, -0.2) is 38.5 Å². The lowest BCUT2D eigenvalue weighted by Gasteiger charge is -2.38. The average molecular weight is 161 g/mol. The summed E-state index contributed by atoms with van der Waals surface area (Å²) in [5, 5.41) is 10.2. The summed E-state index contributed by atoms with van der Waals surface area (Å²) in [6.07, 6.45) is 0. The second kappa shape index (κ2) is 5.52. The highest BCUT2D eigenvalue weighted by molar-refractivity contribution is 4.87. The Labute approximate surface area is 68.8 Å². The number of hydrogen-bond acceptors (Lipinski definition) is 3. The van der Waals surface area contributed by atoms with Crippen LogP contribution in [0.4, 0.5) is 0 Å². The Morgan fingerprint density at radius 1 is 1.45 bits per heavy atom. The minimum Gasteiger partial charge on any atom is -0.400 e. The van der Waals surface area contributed by atoms with Gasteiger partial charge in [-0.25, -0.2) is 0 Å². The number of ether oxygens (including phenoxy) is 1. The molecule has 0 aliphatic carbocycles. The fraction of sp³-hybridized carbons (Fsp3) is 1.00. The summed E-state index contributed by atoms with van der Waals surface area (Å²) in [6.45, 7) is 8.28. The summed E-state index contributed by atoms with van der Waals surface area (Å²) in [6, 6.07) is 0. The second-order valence-electron chi connectivity index (χ2n) is 3.05. The second-order valence-corrected chi connectivity index (χ2v) is 3.05. The SMILES string of the molecule is CCOCC1(C)CNC1.CO. The van der Waals surface area contributed by atoms with Crippen molar-refractivity contribution in [3.05, 3.63) is 0 Å². The van der Waals surface area contributed by atoms with Crippen molar-refractivity contribution in [1.29, 1.82) is 0 Å². The third-order valence-corrected chi connectivity index (χ3v) is 1.76. The predicted octanol–water partition coefficient (Wildman–Crippen LogP) is 0.241. The van der Waals surface area contributed by atoms with Crippen LogP contribution < -0.4 is 5.32 Å². The molecule has 0 atom stereocenters. The van der Waals surface area contributed by atoms with Crippen molar-refractivity contribution in [2.75, 3.05) is 33.4 Å². The highest BCUT2D eigenvalue weighted by Gasteiger charge is 2.31. The fourth-order valence-corrected chi connectivity index (χ4v) is 1.00. The van der Waals surface area contributed by atoms with Gasteiger partial charge in [-0.15, -0.1) is 0 Å². The van der Waals surface area contributed by atoms with E-state index >= 15 is 0 Å². The molecule has 0 aromatic carbocycles. The maximum atomic E-state index is 7.00. The number of aliphatic hydroxyl groups is 1. The molecule has 2 N–H and O–H groups in total. The van der Waals surface area contributed by atoms with Crippen LogP contribution in [0.1, 0.15) is 13.8 Å². The minimum atomic E-state index is 0.440. The van der Waals surface area contributed by atoms with Gasteiger partial charge >= 0.3 is 0 Å². The molecule has 1 saturated heterocycles. The molecule has 3 heteroatoms. The van der Waals surface area contributed by atoms with Crippen LogP contribution in [0.3, 0.4) is 0 Å². The smallest absolute Gasteiger partial charge is 0.0543 e. The van der Waals surface area contributed by atoms with Crippen LogP contribution in [0.5, 0.6) is 0 Å². The van der Waals surface area contributed by atoms with Gasteiger partial charge in [-0.05, 0) is 6.92 Å². The van der Waals surface area contributed by atoms with Crippen molar-refractivity contribution >= 4 is 0 Å². The van der Waals surface area contributed by atoms with Crippen molar-refractivity contribution in [2.45, 2.75) is 13.8 Å². The Morgan fingerprint density at radius 2 is 2.00 bits per heavy atom. The van der Waals surface area contributed by atoms with Crippen molar-refractivity contribution in [2.24, 2.45) is 5.41 Å². The van der Waals surface area contributed by atoms with Gasteiger partial charge in [0.2, 0.25) is 0 Å². The zero-order chi connectivity index (χ0) is 8.74. The van der Waals surface area contributed by atoms with Gasteiger partial charge in [0.05, 0.1) is 6.61 Å². The molecule has 1 rings (SSSR count). The first-order chi connectivity index (χ1) is 5.27. The molecule has 0 aromatic rings. The molecule has 1 aliphatic rings. The van der Waals surface area contributed by atoms with Crippen LogP contribution >= 0.6 is 0 Å². The van der Waals surface area contributed by atoms with Crippen LogP contribution in [0.15, 0.2) is 0 Å². The third kappa shape index (κ3) is 3.70. The Hall–Kier alpha value is -0.120. The number of nitrogens with one attached hydrogen (secondary N) is 1. The van der Waals surface area contributed by atoms with Gasteiger partial charge in [-0.1, -0.05) is 6.92 Å². The van der Waals surface area contributed by atoms with Gasteiger partial charge in [-0.2, -0.15) is 0 Å². The molecule has 68 valence electrons. The van der Waals surface area contributed by atoms with E-state index in [0.29, 0.717) is 5.41 Å². The fourth-order valence-electron chi connectivity index (χ4n) is 1.00. The van der Waals surface area contributed by atoms with Gasteiger partial charge in [0, 0.05) is 32.2 Å². The van der Waals surface area contributed by atoms with Crippen molar-refractivity contribution < 1.29 is 9.84 Å². The molecule has 1 fully saturated rings. The van der Waals surface area contributed by atoms with E-state index in [2.05, 4.69) is 12.2 Å². The molecule has 1 aliphatic heterocycles. The van der Waals surface area contributed by atoms with Crippen molar-refractivity contribution in [3.8, 4) is 0 Å². The zero-order valence-electron chi connectivity index (χ0n) is 7.68. The Balaban J connectivity index is 0.000000461. The first-order valence-corrected chi connectivity index (χ1v) is 4.00. The predicted molar refractivity (Wildman–Crippen MR) is 45.6 cm³/mol. The molecule has 0 aromatic heterocycles. The van der Waals surface area contributed by atoms with Gasteiger partial charge in [0.1, 0.15) is 0 Å². The standard InChI is InChI=1S/C7H15NO.CH4O/c1-3-9-6-7(2)4-8-5-7;1-2/h8H,3-6H2,1-2H3;2H,1H3. The van der Waals surface area contributed by atoms with Crippen LogP contribution in [0, 0.1) is 5.41 Å². The van der Waals surface area contributed by atoms with E-state index in [1.165, 1.54) is 0 Å². The first kappa shape index (κ1) is 10.9. The van der Waals surface area contributed by atoms with Gasteiger partial charge < -0.3 is 15.2 Å². The molecule has 11 heavy (non-hydrogen) atoms. The Bertz CT molecular complexity index is 92.1. The molecule has 0 radical (unpaired) electrons. The Kier molecular flexibility index (Phi) is 5.46. The largest absolute Gasteiger partial charge is 0.400 e. The lowest BCUT2D eigenvalue weighted by atomic mass is 9.85. The molecular formula is C8H19NO2. The van der Waals surface area contributed by atoms with Gasteiger partial charge in [0.15, 0.2) is 0 Å². The Morgan fingerprint density at radius 3 is 2.27 bits per heavy atom. The maximum absolute atomic E-state index is 7.00. The number of rotatable bonds is 3. The van der Waals surface area contributed by atoms with Crippen LogP contribution in [0.25, 0.3) is 0 Å². The quantitative estimate of drug-likeness (QED) is 0.623. The molecule has 0 saturated carbocycles. The van der Waals surface area contributed by atoms with E-state index < -0.39 is 0 Å². The molecule has 0 amide bonds. The molecule has 1 heterocycles. The number of hydrogen-bond donors (Lipinski definition) is 2. The lowest BCUT2D eigenvalue weighted by Crippen LogP contribution is -2.54. The van der Waals surface area contributed by atoms with Crippen LogP contribution in [-0.2, 0) is 4.74 Å². The topological polar surface area (TPSA) is 41.5 Å². The van der Waals surface area contributed by atoms with Gasteiger partial charge in [0.25, 0.3) is 0 Å². The summed E-state index contributed by atoms with van der Waals surface area (Å²) in [7, 11) is 1.00. The summed E-state index contributed by atoms with van der Waals surface area (Å²) in [4.78, 5) is 0. The highest BCUT2D eigenvalue weighted by atomic mass is 16.5. The first-order valence-electron chi connectivity index (χ1n) is 4.00. The van der Waals surface area contributed by atoms with Gasteiger partial charge in [-0.3, -0.25) is 0 Å². The monoisotopic (exact) mass is 161 g/mol. The summed E-state index contributed by atoms with van der Waals surface area (Å²) in [5.74, 6) is 0. The number of aliphatic hydroxyl groups excluding tert-OH is 1. The maximum Gasteiger partial charge on any atom is 0.0543 e. The summed E-state index contributed by atoms with van der Waals surface area (Å²) in [5.41, 5.74) is 0.440. The minimum absolute atomic E-state index is 0.440. The highest BCUT2D eigenvalue weighted by Crippen LogP contribution is 2.20. The summed E-state index contributed by atoms with van der Waals surface area (Å²) >= 11 is 0. The van der Waals surface area contributed by atoms with E-state index in [1.807, 2.05) is 6.92 Å². The van der Waals surface area contributed by atoms with E-state index in [1.54, 1.807) is 0 Å². The lowest BCUT2D eigenvalue weighted by molar-refractivity contribution is 0.0287. The molecule has 0 spiro atoms. The van der Waals surface area contributed by atoms with E-state index in [4.69, 9.17) is 9.84 Å². The molecular weight excluding hydrogens is 142 g/mol. The third-order valence-electron chi connectivity index (χ3n) is 1.76. The average Bonchev–Trinajstić information content (AvgIpc) is 2.01. The molecule has 0 unspecified atom stereocenters. The molecule has 0 bridgehead atoms. The van der Waals surface area contributed by atoms with E-state index in [-0.39, 0.29) is 0 Å². The van der Waals surface area contributed by atoms with E-state index in [0.717, 1.165) is 33.4 Å². The molecule has 3 nitrogen and oxygen atoms in total. The summed E-state index contributed by atoms with van der Waals surface area (Å²) < 4.78 is 5.30. The zero-order valence-corrected chi connectivity index (χ0v) is 7.68. The van der Waals surface area contributed by atoms with Crippen molar-refractivity contribution in [1.82, 2.24) is 5.32 Å². The van der Waals surface area contributed by atoms with E-state index in [9.17, 15) is 0 Å². The van der Waals surface area contributed by atoms with Crippen molar-refractivity contribution in [3.63, 3.8) is 0 Å².